The standard InChI is InChI=1S/C17H16N2OS/c1-12-7-9-14(10-8-12)19-16(20)11-21-17(19)18-15-6-4-3-5-13(15)2/h3-10H,11H2,1-2H3. The number of nitrogens with zero attached hydrogens (tertiary/aromatic N) is 2. The van der Waals surface area contributed by atoms with Crippen molar-refractivity contribution >= 4 is 34.2 Å². The summed E-state index contributed by atoms with van der Waals surface area (Å²) < 4.78 is 0. The van der Waals surface area contributed by atoms with Crippen LogP contribution in [0.15, 0.2) is 53.5 Å². The van der Waals surface area contributed by atoms with E-state index in [9.17, 15) is 4.79 Å². The minimum Gasteiger partial charge on any atom is -0.273 e. The monoisotopic (exact) mass is 296 g/mol. The van der Waals surface area contributed by atoms with Gasteiger partial charge in [-0.2, -0.15) is 0 Å². The van der Waals surface area contributed by atoms with Gasteiger partial charge in [0, 0.05) is 0 Å². The first-order valence-electron chi connectivity index (χ1n) is 6.82. The van der Waals surface area contributed by atoms with E-state index in [4.69, 9.17) is 0 Å². The molecule has 0 aliphatic carbocycles. The number of benzene rings is 2. The Morgan fingerprint density at radius 2 is 1.76 bits per heavy atom. The molecule has 0 N–H and O–H groups in total. The molecule has 3 nitrogen and oxygen atoms in total. The summed E-state index contributed by atoms with van der Waals surface area (Å²) >= 11 is 1.49. The number of amides is 1. The number of amidine groups is 1. The molecule has 1 aliphatic heterocycles. The normalized spacial score (nSPS) is 16.8. The van der Waals surface area contributed by atoms with Crippen LogP contribution in [0.3, 0.4) is 0 Å². The molecule has 0 unspecified atom stereocenters. The van der Waals surface area contributed by atoms with Crippen LogP contribution in [0.5, 0.6) is 0 Å². The van der Waals surface area contributed by atoms with Gasteiger partial charge in [0.25, 0.3) is 0 Å². The van der Waals surface area contributed by atoms with Crippen molar-refractivity contribution < 1.29 is 4.79 Å². The highest BCUT2D eigenvalue weighted by molar-refractivity contribution is 8.15. The summed E-state index contributed by atoms with van der Waals surface area (Å²) in [5, 5.41) is 0.748. The molecule has 1 amide bonds. The lowest BCUT2D eigenvalue weighted by molar-refractivity contribution is -0.115. The third-order valence-electron chi connectivity index (χ3n) is 3.39. The average molecular weight is 296 g/mol. The highest BCUT2D eigenvalue weighted by Gasteiger charge is 2.29. The molecule has 2 aromatic carbocycles. The zero-order chi connectivity index (χ0) is 14.8. The van der Waals surface area contributed by atoms with Gasteiger partial charge in [0.2, 0.25) is 5.91 Å². The van der Waals surface area contributed by atoms with Crippen molar-refractivity contribution in [2.24, 2.45) is 4.99 Å². The van der Waals surface area contributed by atoms with Gasteiger partial charge in [0.1, 0.15) is 0 Å². The lowest BCUT2D eigenvalue weighted by atomic mass is 10.2. The molecule has 0 aromatic heterocycles. The number of carbonyl (C=O) groups excluding carboxylic acids is 1. The van der Waals surface area contributed by atoms with Crippen LogP contribution in [0.2, 0.25) is 0 Å². The van der Waals surface area contributed by atoms with Gasteiger partial charge in [-0.05, 0) is 37.6 Å². The second-order valence-electron chi connectivity index (χ2n) is 5.03. The quantitative estimate of drug-likeness (QED) is 0.837. The molecule has 0 radical (unpaired) electrons. The number of aliphatic imine (C=N–C) groups is 1. The lowest BCUT2D eigenvalue weighted by Crippen LogP contribution is -2.29. The third kappa shape index (κ3) is 2.85. The molecule has 1 saturated heterocycles. The fourth-order valence-corrected chi connectivity index (χ4v) is 3.07. The molecule has 0 saturated carbocycles. The van der Waals surface area contributed by atoms with Gasteiger partial charge < -0.3 is 0 Å². The van der Waals surface area contributed by atoms with Gasteiger partial charge >= 0.3 is 0 Å². The number of hydrogen-bond donors (Lipinski definition) is 0. The van der Waals surface area contributed by atoms with Crippen LogP contribution in [-0.4, -0.2) is 16.8 Å². The van der Waals surface area contributed by atoms with Crippen molar-refractivity contribution in [2.45, 2.75) is 13.8 Å². The Balaban J connectivity index is 2.00. The number of aryl methyl sites for hydroxylation is 2. The topological polar surface area (TPSA) is 32.7 Å². The van der Waals surface area contributed by atoms with Crippen LogP contribution in [0.4, 0.5) is 11.4 Å². The van der Waals surface area contributed by atoms with E-state index in [-0.39, 0.29) is 5.91 Å². The second kappa shape index (κ2) is 5.74. The predicted molar refractivity (Wildman–Crippen MR) is 89.4 cm³/mol. The molecule has 1 heterocycles. The Bertz CT molecular complexity index is 707. The summed E-state index contributed by atoms with van der Waals surface area (Å²) in [6.45, 7) is 4.06. The molecule has 0 spiro atoms. The van der Waals surface area contributed by atoms with Crippen LogP contribution in [-0.2, 0) is 4.79 Å². The van der Waals surface area contributed by atoms with E-state index in [1.165, 1.54) is 17.3 Å². The number of para-hydroxylation sites is 1. The molecule has 0 atom stereocenters. The minimum absolute atomic E-state index is 0.0798. The van der Waals surface area contributed by atoms with E-state index in [2.05, 4.69) is 4.99 Å². The van der Waals surface area contributed by atoms with E-state index in [1.807, 2.05) is 62.4 Å². The second-order valence-corrected chi connectivity index (χ2v) is 5.98. The molecule has 3 rings (SSSR count). The predicted octanol–water partition coefficient (Wildman–Crippen LogP) is 4.07. The summed E-state index contributed by atoms with van der Waals surface area (Å²) in [6.07, 6.45) is 0. The van der Waals surface area contributed by atoms with Gasteiger partial charge in [0.05, 0.1) is 17.1 Å². The molecular formula is C17H16N2OS. The van der Waals surface area contributed by atoms with Crippen LogP contribution in [0, 0.1) is 13.8 Å². The van der Waals surface area contributed by atoms with Gasteiger partial charge in [-0.15, -0.1) is 0 Å². The first-order chi connectivity index (χ1) is 10.1. The van der Waals surface area contributed by atoms with Crippen molar-refractivity contribution in [3.63, 3.8) is 0 Å². The van der Waals surface area contributed by atoms with E-state index >= 15 is 0 Å². The highest BCUT2D eigenvalue weighted by atomic mass is 32.2. The molecular weight excluding hydrogens is 280 g/mol. The van der Waals surface area contributed by atoms with Gasteiger partial charge in [-0.3, -0.25) is 9.69 Å². The van der Waals surface area contributed by atoms with Crippen LogP contribution < -0.4 is 4.90 Å². The number of anilines is 1. The molecule has 1 fully saturated rings. The molecule has 1 aliphatic rings. The van der Waals surface area contributed by atoms with Crippen molar-refractivity contribution in [1.29, 1.82) is 0 Å². The fourth-order valence-electron chi connectivity index (χ4n) is 2.18. The maximum atomic E-state index is 12.2. The fraction of sp³-hybridized carbons (Fsp3) is 0.176. The summed E-state index contributed by atoms with van der Waals surface area (Å²) in [7, 11) is 0. The maximum absolute atomic E-state index is 12.2. The zero-order valence-electron chi connectivity index (χ0n) is 12.0. The van der Waals surface area contributed by atoms with Gasteiger partial charge in [0.15, 0.2) is 5.17 Å². The molecule has 106 valence electrons. The van der Waals surface area contributed by atoms with E-state index in [0.717, 1.165) is 22.1 Å². The number of hydrogen-bond acceptors (Lipinski definition) is 3. The zero-order valence-corrected chi connectivity index (χ0v) is 12.9. The maximum Gasteiger partial charge on any atom is 0.243 e. The Morgan fingerprint density at radius 3 is 2.48 bits per heavy atom. The van der Waals surface area contributed by atoms with Crippen LogP contribution >= 0.6 is 11.8 Å². The molecule has 2 aromatic rings. The van der Waals surface area contributed by atoms with Gasteiger partial charge in [-0.1, -0.05) is 47.7 Å². The van der Waals surface area contributed by atoms with Crippen LogP contribution in [0.25, 0.3) is 0 Å². The SMILES string of the molecule is Cc1ccc(N2C(=O)CSC2=Nc2ccccc2C)cc1. The molecule has 21 heavy (non-hydrogen) atoms. The number of rotatable bonds is 2. The lowest BCUT2D eigenvalue weighted by Gasteiger charge is -2.16. The van der Waals surface area contributed by atoms with E-state index in [1.54, 1.807) is 4.90 Å². The number of thioether (sulfide) groups is 1. The van der Waals surface area contributed by atoms with E-state index in [0.29, 0.717) is 5.75 Å². The summed E-state index contributed by atoms with van der Waals surface area (Å²) in [6, 6.07) is 15.9. The largest absolute Gasteiger partial charge is 0.273 e. The first-order valence-corrected chi connectivity index (χ1v) is 7.80. The Morgan fingerprint density at radius 1 is 1.05 bits per heavy atom. The minimum atomic E-state index is 0.0798. The van der Waals surface area contributed by atoms with Crippen molar-refractivity contribution in [1.82, 2.24) is 0 Å². The highest BCUT2D eigenvalue weighted by Crippen LogP contribution is 2.30. The summed E-state index contributed by atoms with van der Waals surface area (Å²) in [5.41, 5.74) is 4.07. The summed E-state index contributed by atoms with van der Waals surface area (Å²) in [4.78, 5) is 18.5. The van der Waals surface area contributed by atoms with Crippen molar-refractivity contribution in [3.8, 4) is 0 Å². The van der Waals surface area contributed by atoms with Crippen LogP contribution in [0.1, 0.15) is 11.1 Å². The third-order valence-corrected chi connectivity index (χ3v) is 4.31. The Hall–Kier alpha value is -2.07. The smallest absolute Gasteiger partial charge is 0.243 e. The van der Waals surface area contributed by atoms with Crippen molar-refractivity contribution in [3.05, 3.63) is 59.7 Å². The average Bonchev–Trinajstić information content (AvgIpc) is 2.83. The summed E-state index contributed by atoms with van der Waals surface area (Å²) in [5.74, 6) is 0.523. The van der Waals surface area contributed by atoms with Crippen molar-refractivity contribution in [2.75, 3.05) is 10.7 Å². The molecule has 4 heteroatoms. The van der Waals surface area contributed by atoms with E-state index < -0.39 is 0 Å². The first kappa shape index (κ1) is 13.9. The van der Waals surface area contributed by atoms with Gasteiger partial charge in [-0.25, -0.2) is 4.99 Å². The Kier molecular flexibility index (Phi) is 3.80. The Labute approximate surface area is 128 Å². The molecule has 0 bridgehead atoms. The number of carbonyl (C=O) groups is 1.